The van der Waals surface area contributed by atoms with Crippen molar-refractivity contribution in [3.8, 4) is 0 Å². The molecule has 1 atom stereocenters. The van der Waals surface area contributed by atoms with Crippen LogP contribution in [0, 0.1) is 5.82 Å². The fourth-order valence-corrected chi connectivity index (χ4v) is 3.35. The van der Waals surface area contributed by atoms with E-state index in [0.717, 1.165) is 0 Å². The van der Waals surface area contributed by atoms with Crippen molar-refractivity contribution in [3.05, 3.63) is 24.0 Å². The molecule has 3 rings (SSSR count). The molecule has 12 heteroatoms. The topological polar surface area (TPSA) is 91.4 Å². The van der Waals surface area contributed by atoms with Crippen LogP contribution in [-0.2, 0) is 19.2 Å². The summed E-state index contributed by atoms with van der Waals surface area (Å²) >= 11 is 0. The third-order valence-corrected chi connectivity index (χ3v) is 4.81. The SMILES string of the molecule is CC(=O)CN1CCN(c2ccc(N3CC(CNC(=O)C(F)F)OC3=O)cc2F)CCO1. The third kappa shape index (κ3) is 5.85. The lowest BCUT2D eigenvalue weighted by Gasteiger charge is -2.23. The lowest BCUT2D eigenvalue weighted by atomic mass is 10.2. The number of ether oxygens (including phenoxy) is 1. The zero-order chi connectivity index (χ0) is 22.5. The van der Waals surface area contributed by atoms with Gasteiger partial charge in [-0.05, 0) is 25.1 Å². The number of nitrogens with one attached hydrogen (secondary N) is 1. The molecule has 0 spiro atoms. The Bertz CT molecular complexity index is 841. The minimum Gasteiger partial charge on any atom is -0.442 e. The highest BCUT2D eigenvalue weighted by Crippen LogP contribution is 2.28. The molecule has 0 radical (unpaired) electrons. The number of ketones is 1. The number of anilines is 2. The first-order valence-corrected chi connectivity index (χ1v) is 9.70. The van der Waals surface area contributed by atoms with Crippen LogP contribution in [0.4, 0.5) is 29.3 Å². The molecular formula is C19H23F3N4O5. The zero-order valence-corrected chi connectivity index (χ0v) is 16.9. The van der Waals surface area contributed by atoms with Crippen LogP contribution in [0.3, 0.4) is 0 Å². The van der Waals surface area contributed by atoms with Gasteiger partial charge in [0.1, 0.15) is 17.7 Å². The second kappa shape index (κ2) is 9.96. The van der Waals surface area contributed by atoms with E-state index in [9.17, 15) is 27.6 Å². The van der Waals surface area contributed by atoms with Crippen LogP contribution in [0.5, 0.6) is 0 Å². The highest BCUT2D eigenvalue weighted by Gasteiger charge is 2.33. The average Bonchev–Trinajstić information content (AvgIpc) is 2.93. The van der Waals surface area contributed by atoms with Crippen LogP contribution in [0.1, 0.15) is 6.92 Å². The molecule has 0 aromatic heterocycles. The van der Waals surface area contributed by atoms with Gasteiger partial charge in [-0.2, -0.15) is 13.8 Å². The predicted molar refractivity (Wildman–Crippen MR) is 103 cm³/mol. The Kier molecular flexibility index (Phi) is 7.33. The summed E-state index contributed by atoms with van der Waals surface area (Å²) in [5.74, 6) is -2.04. The molecule has 2 aliphatic rings. The van der Waals surface area contributed by atoms with Crippen molar-refractivity contribution < 1.29 is 37.1 Å². The summed E-state index contributed by atoms with van der Waals surface area (Å²) in [4.78, 5) is 42.8. The van der Waals surface area contributed by atoms with E-state index in [-0.39, 0.29) is 31.1 Å². The quantitative estimate of drug-likeness (QED) is 0.675. The lowest BCUT2D eigenvalue weighted by Crippen LogP contribution is -2.37. The molecule has 1 aromatic rings. The van der Waals surface area contributed by atoms with Gasteiger partial charge < -0.3 is 15.0 Å². The first-order chi connectivity index (χ1) is 14.7. The van der Waals surface area contributed by atoms with Crippen molar-refractivity contribution >= 4 is 29.2 Å². The first-order valence-electron chi connectivity index (χ1n) is 9.70. The van der Waals surface area contributed by atoms with Crippen molar-refractivity contribution in [2.24, 2.45) is 0 Å². The number of alkyl halides is 2. The van der Waals surface area contributed by atoms with E-state index in [1.807, 2.05) is 5.32 Å². The van der Waals surface area contributed by atoms with Gasteiger partial charge in [-0.1, -0.05) is 0 Å². The van der Waals surface area contributed by atoms with E-state index in [2.05, 4.69) is 0 Å². The van der Waals surface area contributed by atoms with Crippen molar-refractivity contribution in [2.45, 2.75) is 19.5 Å². The minimum absolute atomic E-state index is 0.0152. The maximum atomic E-state index is 14.8. The van der Waals surface area contributed by atoms with Crippen LogP contribution in [0.15, 0.2) is 18.2 Å². The van der Waals surface area contributed by atoms with Crippen molar-refractivity contribution in [1.29, 1.82) is 0 Å². The number of rotatable bonds is 7. The molecule has 2 heterocycles. The summed E-state index contributed by atoms with van der Waals surface area (Å²) in [6.07, 6.45) is -4.74. The smallest absolute Gasteiger partial charge is 0.414 e. The molecule has 0 bridgehead atoms. The number of hydrogen-bond acceptors (Lipinski definition) is 7. The number of nitrogens with zero attached hydrogens (tertiary/aromatic N) is 3. The van der Waals surface area contributed by atoms with Crippen LogP contribution < -0.4 is 15.1 Å². The highest BCUT2D eigenvalue weighted by atomic mass is 19.3. The first kappa shape index (κ1) is 22.8. The second-order valence-electron chi connectivity index (χ2n) is 7.18. The number of carbonyl (C=O) groups excluding carboxylic acids is 3. The number of hydroxylamine groups is 2. The summed E-state index contributed by atoms with van der Waals surface area (Å²) in [5.41, 5.74) is 0.573. The Morgan fingerprint density at radius 2 is 2.03 bits per heavy atom. The Labute approximate surface area is 176 Å². The van der Waals surface area contributed by atoms with E-state index < -0.39 is 30.3 Å². The Morgan fingerprint density at radius 3 is 2.71 bits per heavy atom. The molecule has 2 amide bonds. The van der Waals surface area contributed by atoms with Crippen LogP contribution in [0.25, 0.3) is 0 Å². The molecule has 2 aliphatic heterocycles. The molecule has 1 unspecified atom stereocenters. The van der Waals surface area contributed by atoms with Gasteiger partial charge in [0.25, 0.3) is 5.91 Å². The summed E-state index contributed by atoms with van der Waals surface area (Å²) in [5, 5.41) is 3.53. The maximum absolute atomic E-state index is 14.8. The van der Waals surface area contributed by atoms with Gasteiger partial charge in [-0.3, -0.25) is 19.3 Å². The largest absolute Gasteiger partial charge is 0.442 e. The highest BCUT2D eigenvalue weighted by molar-refractivity contribution is 5.90. The Balaban J connectivity index is 1.62. The second-order valence-corrected chi connectivity index (χ2v) is 7.18. The Morgan fingerprint density at radius 1 is 1.26 bits per heavy atom. The van der Waals surface area contributed by atoms with E-state index in [4.69, 9.17) is 9.57 Å². The average molecular weight is 444 g/mol. The monoisotopic (exact) mass is 444 g/mol. The van der Waals surface area contributed by atoms with Gasteiger partial charge in [-0.25, -0.2) is 9.18 Å². The molecule has 1 aromatic carbocycles. The van der Waals surface area contributed by atoms with Crippen molar-refractivity contribution in [1.82, 2.24) is 10.4 Å². The predicted octanol–water partition coefficient (Wildman–Crippen LogP) is 1.17. The summed E-state index contributed by atoms with van der Waals surface area (Å²) in [6, 6.07) is 4.28. The number of cyclic esters (lactones) is 1. The van der Waals surface area contributed by atoms with E-state index in [1.165, 1.54) is 24.0 Å². The molecule has 9 nitrogen and oxygen atoms in total. The molecule has 0 aliphatic carbocycles. The van der Waals surface area contributed by atoms with Crippen molar-refractivity contribution in [2.75, 3.05) is 55.7 Å². The molecule has 1 N–H and O–H groups in total. The fourth-order valence-electron chi connectivity index (χ4n) is 3.35. The normalized spacial score (nSPS) is 20.0. The van der Waals surface area contributed by atoms with Gasteiger partial charge >= 0.3 is 12.5 Å². The number of halogens is 3. The number of Topliss-reactive ketones (excluding diaryl/α,β-unsaturated/α-hetero) is 1. The Hall–Kier alpha value is -2.86. The van der Waals surface area contributed by atoms with E-state index in [1.54, 1.807) is 16.0 Å². The van der Waals surface area contributed by atoms with Gasteiger partial charge in [-0.15, -0.1) is 0 Å². The molecule has 170 valence electrons. The van der Waals surface area contributed by atoms with E-state index in [0.29, 0.717) is 31.9 Å². The van der Waals surface area contributed by atoms with Gasteiger partial charge in [0.15, 0.2) is 0 Å². The molecule has 2 saturated heterocycles. The molecular weight excluding hydrogens is 421 g/mol. The standard InChI is InChI=1S/C19H23F3N4O5/c1-12(27)10-25-5-4-24(6-7-30-25)16-3-2-13(8-15(16)20)26-11-14(31-19(26)29)9-23-18(28)17(21)22/h2-3,8,14,17H,4-7,9-11H2,1H3,(H,23,28). The van der Waals surface area contributed by atoms with Crippen molar-refractivity contribution in [3.63, 3.8) is 0 Å². The van der Waals surface area contributed by atoms with Gasteiger partial charge in [0.2, 0.25) is 0 Å². The summed E-state index contributed by atoms with van der Waals surface area (Å²) in [6.45, 7) is 2.92. The van der Waals surface area contributed by atoms with Crippen LogP contribution in [0.2, 0.25) is 0 Å². The third-order valence-electron chi connectivity index (χ3n) is 4.81. The van der Waals surface area contributed by atoms with E-state index >= 15 is 0 Å². The minimum atomic E-state index is -3.16. The molecule has 31 heavy (non-hydrogen) atoms. The van der Waals surface area contributed by atoms with Gasteiger partial charge in [0.05, 0.1) is 37.6 Å². The molecule has 2 fully saturated rings. The van der Waals surface area contributed by atoms with Crippen LogP contribution in [-0.4, -0.2) is 81.3 Å². The lowest BCUT2D eigenvalue weighted by molar-refractivity contribution is -0.157. The summed E-state index contributed by atoms with van der Waals surface area (Å²) < 4.78 is 44.4. The van der Waals surface area contributed by atoms with Gasteiger partial charge in [0, 0.05) is 19.6 Å². The number of hydrogen-bond donors (Lipinski definition) is 1. The number of benzene rings is 1. The molecule has 0 saturated carbocycles. The maximum Gasteiger partial charge on any atom is 0.414 e. The zero-order valence-electron chi connectivity index (χ0n) is 16.9. The van der Waals surface area contributed by atoms with Crippen LogP contribution >= 0.6 is 0 Å². The fraction of sp³-hybridized carbons (Fsp3) is 0.526. The number of carbonyl (C=O) groups is 3. The number of amides is 2. The summed E-state index contributed by atoms with van der Waals surface area (Å²) in [7, 11) is 0.